The maximum Gasteiger partial charge on any atom is 0.253 e. The van der Waals surface area contributed by atoms with Crippen molar-refractivity contribution < 1.29 is 9.18 Å². The molecule has 0 bridgehead atoms. The van der Waals surface area contributed by atoms with Crippen LogP contribution >= 0.6 is 24.8 Å². The van der Waals surface area contributed by atoms with Crippen LogP contribution in [0.4, 0.5) is 4.39 Å². The van der Waals surface area contributed by atoms with Crippen LogP contribution in [0.2, 0.25) is 0 Å². The van der Waals surface area contributed by atoms with Crippen LogP contribution in [0.5, 0.6) is 0 Å². The zero-order valence-electron chi connectivity index (χ0n) is 13.3. The summed E-state index contributed by atoms with van der Waals surface area (Å²) < 4.78 is 13.2. The molecule has 2 N–H and O–H groups in total. The lowest BCUT2D eigenvalue weighted by atomic mass is 10.1. The molecule has 130 valence electrons. The molecule has 0 aliphatic carbocycles. The number of pyridine rings is 1. The molecule has 3 rings (SSSR count). The first-order valence-electron chi connectivity index (χ1n) is 7.37. The normalized spacial score (nSPS) is 13.5. The van der Waals surface area contributed by atoms with Gasteiger partial charge in [-0.3, -0.25) is 9.78 Å². The number of benzene rings is 1. The Morgan fingerprint density at radius 1 is 1.33 bits per heavy atom. The fourth-order valence-electron chi connectivity index (χ4n) is 2.59. The molecule has 2 heterocycles. The van der Waals surface area contributed by atoms with Crippen molar-refractivity contribution in [3.05, 3.63) is 53.0 Å². The summed E-state index contributed by atoms with van der Waals surface area (Å²) in [6.45, 7) is 4.13. The van der Waals surface area contributed by atoms with Gasteiger partial charge in [-0.25, -0.2) is 4.39 Å². The van der Waals surface area contributed by atoms with E-state index in [1.165, 1.54) is 17.7 Å². The van der Waals surface area contributed by atoms with Gasteiger partial charge in [0, 0.05) is 24.5 Å². The number of halogens is 3. The van der Waals surface area contributed by atoms with Crippen molar-refractivity contribution in [3.8, 4) is 0 Å². The molecule has 0 unspecified atom stereocenters. The van der Waals surface area contributed by atoms with Crippen LogP contribution in [0.3, 0.4) is 0 Å². The first-order valence-corrected chi connectivity index (χ1v) is 7.37. The highest BCUT2D eigenvalue weighted by Crippen LogP contribution is 2.18. The molecule has 1 aromatic heterocycles. The van der Waals surface area contributed by atoms with Crippen LogP contribution in [0.25, 0.3) is 10.9 Å². The van der Waals surface area contributed by atoms with Gasteiger partial charge >= 0.3 is 0 Å². The second-order valence-electron chi connectivity index (χ2n) is 5.46. The Morgan fingerprint density at radius 2 is 2.12 bits per heavy atom. The minimum atomic E-state index is -0.325. The van der Waals surface area contributed by atoms with Gasteiger partial charge in [-0.2, -0.15) is 0 Å². The molecule has 0 saturated heterocycles. The van der Waals surface area contributed by atoms with E-state index in [1.54, 1.807) is 19.1 Å². The lowest BCUT2D eigenvalue weighted by Gasteiger charge is -2.15. The van der Waals surface area contributed by atoms with E-state index in [0.29, 0.717) is 23.3 Å². The van der Waals surface area contributed by atoms with Crippen molar-refractivity contribution in [2.24, 2.45) is 0 Å². The number of hydrogen-bond donors (Lipinski definition) is 2. The molecule has 0 saturated carbocycles. The lowest BCUT2D eigenvalue weighted by molar-refractivity contribution is 0.0956. The number of carbonyl (C=O) groups excluding carboxylic acids is 1. The first-order chi connectivity index (χ1) is 10.6. The quantitative estimate of drug-likeness (QED) is 0.814. The van der Waals surface area contributed by atoms with E-state index in [1.807, 2.05) is 0 Å². The average molecular weight is 372 g/mol. The molecule has 0 fully saturated rings. The smallest absolute Gasteiger partial charge is 0.253 e. The Kier molecular flexibility index (Phi) is 7.60. The molecule has 7 heteroatoms. The molecule has 4 nitrogen and oxygen atoms in total. The van der Waals surface area contributed by atoms with Gasteiger partial charge in [-0.15, -0.1) is 24.8 Å². The van der Waals surface area contributed by atoms with Crippen LogP contribution in [0, 0.1) is 12.7 Å². The van der Waals surface area contributed by atoms with Crippen molar-refractivity contribution >= 4 is 41.6 Å². The SMILES string of the molecule is Cc1nc2cc(F)ccc2cc1C(=O)NCC1=CCNCC1.Cl.Cl. The fourth-order valence-corrected chi connectivity index (χ4v) is 2.59. The topological polar surface area (TPSA) is 54.0 Å². The molecular weight excluding hydrogens is 352 g/mol. The molecule has 0 radical (unpaired) electrons. The molecule has 0 atom stereocenters. The van der Waals surface area contributed by atoms with Crippen LogP contribution in [0.1, 0.15) is 22.5 Å². The van der Waals surface area contributed by atoms with Gasteiger partial charge in [0.2, 0.25) is 0 Å². The molecule has 1 amide bonds. The highest BCUT2D eigenvalue weighted by molar-refractivity contribution is 5.98. The van der Waals surface area contributed by atoms with E-state index in [-0.39, 0.29) is 36.5 Å². The predicted molar refractivity (Wildman–Crippen MR) is 98.8 cm³/mol. The highest BCUT2D eigenvalue weighted by Gasteiger charge is 2.13. The average Bonchev–Trinajstić information content (AvgIpc) is 2.53. The van der Waals surface area contributed by atoms with E-state index in [2.05, 4.69) is 21.7 Å². The van der Waals surface area contributed by atoms with E-state index < -0.39 is 0 Å². The van der Waals surface area contributed by atoms with Crippen molar-refractivity contribution in [1.82, 2.24) is 15.6 Å². The molecule has 24 heavy (non-hydrogen) atoms. The summed E-state index contributed by atoms with van der Waals surface area (Å²) in [7, 11) is 0. The van der Waals surface area contributed by atoms with Crippen molar-refractivity contribution in [2.45, 2.75) is 13.3 Å². The number of aryl methyl sites for hydroxylation is 1. The molecule has 1 aliphatic rings. The standard InChI is InChI=1S/C17H18FN3O.2ClH/c1-11-15(8-13-2-3-14(18)9-16(13)21-11)17(22)20-10-12-4-6-19-7-5-12;;/h2-4,8-9,19H,5-7,10H2,1H3,(H,20,22);2*1H. The van der Waals surface area contributed by atoms with E-state index in [4.69, 9.17) is 0 Å². The number of carbonyl (C=O) groups is 1. The zero-order chi connectivity index (χ0) is 15.5. The van der Waals surface area contributed by atoms with E-state index >= 15 is 0 Å². The maximum absolute atomic E-state index is 13.2. The Bertz CT molecular complexity index is 765. The third-order valence-corrected chi connectivity index (χ3v) is 3.85. The third-order valence-electron chi connectivity index (χ3n) is 3.85. The number of rotatable bonds is 3. The maximum atomic E-state index is 13.2. The summed E-state index contributed by atoms with van der Waals surface area (Å²) in [6, 6.07) is 6.16. The number of nitrogens with one attached hydrogen (secondary N) is 2. The molecule has 1 aromatic carbocycles. The Labute approximate surface area is 152 Å². The number of amides is 1. The summed E-state index contributed by atoms with van der Waals surface area (Å²) in [5, 5.41) is 6.94. The Morgan fingerprint density at radius 3 is 2.83 bits per heavy atom. The van der Waals surface area contributed by atoms with Gasteiger partial charge in [0.1, 0.15) is 5.82 Å². The number of aromatic nitrogens is 1. The highest BCUT2D eigenvalue weighted by atomic mass is 35.5. The Balaban J connectivity index is 0.00000144. The molecule has 2 aromatic rings. The van der Waals surface area contributed by atoms with Gasteiger partial charge < -0.3 is 10.6 Å². The predicted octanol–water partition coefficient (Wildman–Crippen LogP) is 3.18. The first kappa shape index (κ1) is 20.4. The largest absolute Gasteiger partial charge is 0.348 e. The van der Waals surface area contributed by atoms with E-state index in [0.717, 1.165) is 24.9 Å². The van der Waals surface area contributed by atoms with Gasteiger partial charge in [-0.05, 0) is 38.1 Å². The summed E-state index contributed by atoms with van der Waals surface area (Å²) in [6.07, 6.45) is 3.06. The summed E-state index contributed by atoms with van der Waals surface area (Å²) in [4.78, 5) is 16.7. The second kappa shape index (κ2) is 8.97. The van der Waals surface area contributed by atoms with Crippen molar-refractivity contribution in [3.63, 3.8) is 0 Å². The fraction of sp³-hybridized carbons (Fsp3) is 0.294. The molecule has 1 aliphatic heterocycles. The molecular formula is C17H20Cl2FN3O. The number of nitrogens with zero attached hydrogens (tertiary/aromatic N) is 1. The second-order valence-corrected chi connectivity index (χ2v) is 5.46. The van der Waals surface area contributed by atoms with Gasteiger partial charge in [-0.1, -0.05) is 11.6 Å². The van der Waals surface area contributed by atoms with Crippen LogP contribution in [-0.2, 0) is 0 Å². The third kappa shape index (κ3) is 4.66. The van der Waals surface area contributed by atoms with Gasteiger partial charge in [0.25, 0.3) is 5.91 Å². The Hall–Kier alpha value is -1.69. The van der Waals surface area contributed by atoms with E-state index in [9.17, 15) is 9.18 Å². The number of hydrogen-bond acceptors (Lipinski definition) is 3. The number of fused-ring (bicyclic) bond motifs is 1. The lowest BCUT2D eigenvalue weighted by Crippen LogP contribution is -2.30. The van der Waals surface area contributed by atoms with Gasteiger partial charge in [0.15, 0.2) is 0 Å². The van der Waals surface area contributed by atoms with Crippen molar-refractivity contribution in [1.29, 1.82) is 0 Å². The van der Waals surface area contributed by atoms with Crippen LogP contribution in [0.15, 0.2) is 35.9 Å². The monoisotopic (exact) mass is 371 g/mol. The summed E-state index contributed by atoms with van der Waals surface area (Å²) in [5.41, 5.74) is 2.94. The van der Waals surface area contributed by atoms with Crippen LogP contribution < -0.4 is 10.6 Å². The minimum absolute atomic E-state index is 0. The van der Waals surface area contributed by atoms with Crippen LogP contribution in [-0.4, -0.2) is 30.5 Å². The zero-order valence-corrected chi connectivity index (χ0v) is 14.9. The van der Waals surface area contributed by atoms with Gasteiger partial charge in [0.05, 0.1) is 16.8 Å². The molecule has 0 spiro atoms. The summed E-state index contributed by atoms with van der Waals surface area (Å²) in [5.74, 6) is -0.467. The summed E-state index contributed by atoms with van der Waals surface area (Å²) >= 11 is 0. The minimum Gasteiger partial charge on any atom is -0.348 e. The van der Waals surface area contributed by atoms with Crippen molar-refractivity contribution in [2.75, 3.05) is 19.6 Å².